The largest absolute Gasteiger partial charge is 0.419 e. The number of benzene rings is 2. The van der Waals surface area contributed by atoms with Crippen LogP contribution in [0, 0.1) is 0 Å². The van der Waals surface area contributed by atoms with Crippen molar-refractivity contribution in [3.8, 4) is 11.5 Å². The third-order valence-corrected chi connectivity index (χ3v) is 7.70. The number of fused-ring (bicyclic) bond motifs is 1. The average Bonchev–Trinajstić information content (AvgIpc) is 3.47. The van der Waals surface area contributed by atoms with E-state index in [0.717, 1.165) is 23.6 Å². The highest BCUT2D eigenvalue weighted by molar-refractivity contribution is 9.10. The van der Waals surface area contributed by atoms with Gasteiger partial charge in [0.2, 0.25) is 11.8 Å². The van der Waals surface area contributed by atoms with Crippen molar-refractivity contribution in [1.29, 1.82) is 0 Å². The van der Waals surface area contributed by atoms with Gasteiger partial charge in [-0.1, -0.05) is 41.1 Å². The van der Waals surface area contributed by atoms with Crippen LogP contribution in [0.1, 0.15) is 19.2 Å². The van der Waals surface area contributed by atoms with Gasteiger partial charge in [0, 0.05) is 22.9 Å². The Morgan fingerprint density at radius 1 is 1.18 bits per heavy atom. The number of ether oxygens (including phenoxy) is 1. The van der Waals surface area contributed by atoms with Gasteiger partial charge < -0.3 is 9.15 Å². The molecule has 1 unspecified atom stereocenters. The fraction of sp³-hybridized carbons (Fsp3) is 0.318. The van der Waals surface area contributed by atoms with Gasteiger partial charge in [0.15, 0.2) is 0 Å². The Balaban J connectivity index is 1.49. The predicted molar refractivity (Wildman–Crippen MR) is 125 cm³/mol. The van der Waals surface area contributed by atoms with Crippen LogP contribution in [-0.4, -0.2) is 58.5 Å². The summed E-state index contributed by atoms with van der Waals surface area (Å²) in [6.07, 6.45) is 2.68. The van der Waals surface area contributed by atoms with E-state index in [-0.39, 0.29) is 11.0 Å². The van der Waals surface area contributed by atoms with E-state index in [0.29, 0.717) is 45.9 Å². The first kappa shape index (κ1) is 22.2. The molecule has 2 aromatic heterocycles. The molecule has 11 heteroatoms. The molecule has 0 radical (unpaired) electrons. The van der Waals surface area contributed by atoms with Crippen LogP contribution in [0.4, 0.5) is 0 Å². The van der Waals surface area contributed by atoms with Gasteiger partial charge >= 0.3 is 0 Å². The van der Waals surface area contributed by atoms with Crippen LogP contribution in [0.5, 0.6) is 0 Å². The van der Waals surface area contributed by atoms with E-state index in [2.05, 4.69) is 43.0 Å². The lowest BCUT2D eigenvalue weighted by Crippen LogP contribution is -2.41. The van der Waals surface area contributed by atoms with Crippen molar-refractivity contribution in [3.05, 3.63) is 59.0 Å². The molecule has 1 saturated heterocycles. The summed E-state index contributed by atoms with van der Waals surface area (Å²) in [6, 6.07) is 11.7. The average molecular weight is 532 g/mol. The SMILES string of the molecule is CCC1CN(Cc2nnc(-c3cc(Br)cc4c3cnn4S(=O)(=O)c3ccccc3)o2)CCO1. The number of nitrogens with zero attached hydrogens (tertiary/aromatic N) is 5. The molecule has 5 rings (SSSR count). The molecule has 0 saturated carbocycles. The van der Waals surface area contributed by atoms with Crippen molar-refractivity contribution in [3.63, 3.8) is 0 Å². The summed E-state index contributed by atoms with van der Waals surface area (Å²) in [5, 5.41) is 13.2. The molecule has 0 bridgehead atoms. The maximum absolute atomic E-state index is 13.2. The Hall–Kier alpha value is -2.60. The van der Waals surface area contributed by atoms with E-state index in [9.17, 15) is 8.42 Å². The number of morpholine rings is 1. The molecule has 33 heavy (non-hydrogen) atoms. The molecule has 2 aromatic carbocycles. The fourth-order valence-electron chi connectivity index (χ4n) is 3.92. The van der Waals surface area contributed by atoms with Gasteiger partial charge in [-0.05, 0) is 30.7 Å². The normalized spacial score (nSPS) is 17.6. The molecule has 1 atom stereocenters. The highest BCUT2D eigenvalue weighted by atomic mass is 79.9. The molecular weight excluding hydrogens is 510 g/mol. The van der Waals surface area contributed by atoms with Gasteiger partial charge in [-0.2, -0.15) is 17.6 Å². The molecule has 0 N–H and O–H groups in total. The molecule has 9 nitrogen and oxygen atoms in total. The summed E-state index contributed by atoms with van der Waals surface area (Å²) < 4.78 is 39.7. The van der Waals surface area contributed by atoms with Crippen LogP contribution >= 0.6 is 15.9 Å². The number of hydrogen-bond donors (Lipinski definition) is 0. The summed E-state index contributed by atoms with van der Waals surface area (Å²) in [4.78, 5) is 2.39. The maximum Gasteiger partial charge on any atom is 0.283 e. The summed E-state index contributed by atoms with van der Waals surface area (Å²) in [5.74, 6) is 0.812. The Bertz CT molecular complexity index is 1390. The summed E-state index contributed by atoms with van der Waals surface area (Å²) in [7, 11) is -3.86. The van der Waals surface area contributed by atoms with Gasteiger partial charge in [0.25, 0.3) is 10.0 Å². The van der Waals surface area contributed by atoms with Crippen molar-refractivity contribution in [1.82, 2.24) is 24.3 Å². The van der Waals surface area contributed by atoms with Crippen molar-refractivity contribution >= 4 is 36.9 Å². The Labute approximate surface area is 199 Å². The minimum Gasteiger partial charge on any atom is -0.419 e. The lowest BCUT2D eigenvalue weighted by Gasteiger charge is -2.31. The van der Waals surface area contributed by atoms with Crippen LogP contribution in [0.3, 0.4) is 0 Å². The molecule has 0 amide bonds. The van der Waals surface area contributed by atoms with Gasteiger partial charge in [-0.3, -0.25) is 4.90 Å². The van der Waals surface area contributed by atoms with Crippen molar-refractivity contribution < 1.29 is 17.6 Å². The Morgan fingerprint density at radius 3 is 2.79 bits per heavy atom. The van der Waals surface area contributed by atoms with E-state index in [4.69, 9.17) is 9.15 Å². The molecule has 0 spiro atoms. The van der Waals surface area contributed by atoms with Crippen LogP contribution in [0.2, 0.25) is 0 Å². The van der Waals surface area contributed by atoms with E-state index >= 15 is 0 Å². The molecule has 1 aliphatic rings. The van der Waals surface area contributed by atoms with Crippen molar-refractivity contribution in [2.24, 2.45) is 0 Å². The first-order valence-corrected chi connectivity index (χ1v) is 12.8. The smallest absolute Gasteiger partial charge is 0.283 e. The molecule has 172 valence electrons. The Morgan fingerprint density at radius 2 is 2.00 bits per heavy atom. The van der Waals surface area contributed by atoms with Gasteiger partial charge in [0.05, 0.1) is 41.4 Å². The Kier molecular flexibility index (Phi) is 6.04. The summed E-state index contributed by atoms with van der Waals surface area (Å²) in [6.45, 7) is 4.95. The topological polar surface area (TPSA) is 103 Å². The fourth-order valence-corrected chi connectivity index (χ4v) is 5.65. The third-order valence-electron chi connectivity index (χ3n) is 5.62. The molecule has 4 aromatic rings. The second-order valence-electron chi connectivity index (χ2n) is 7.83. The molecule has 1 aliphatic heterocycles. The molecule has 1 fully saturated rings. The quantitative estimate of drug-likeness (QED) is 0.371. The minimum atomic E-state index is -3.86. The molecule has 0 aliphatic carbocycles. The maximum atomic E-state index is 13.2. The summed E-state index contributed by atoms with van der Waals surface area (Å²) >= 11 is 3.48. The first-order valence-electron chi connectivity index (χ1n) is 10.6. The predicted octanol–water partition coefficient (Wildman–Crippen LogP) is 3.70. The summed E-state index contributed by atoms with van der Waals surface area (Å²) in [5.41, 5.74) is 1.03. The highest BCUT2D eigenvalue weighted by Gasteiger charge is 2.24. The van der Waals surface area contributed by atoms with Crippen molar-refractivity contribution in [2.75, 3.05) is 19.7 Å². The van der Waals surface area contributed by atoms with Crippen LogP contribution < -0.4 is 0 Å². The highest BCUT2D eigenvalue weighted by Crippen LogP contribution is 2.33. The lowest BCUT2D eigenvalue weighted by atomic mass is 10.1. The third kappa shape index (κ3) is 4.33. The molecular formula is C22H22BrN5O4S. The second-order valence-corrected chi connectivity index (χ2v) is 10.5. The first-order chi connectivity index (χ1) is 16.0. The van der Waals surface area contributed by atoms with Gasteiger partial charge in [0.1, 0.15) is 0 Å². The van der Waals surface area contributed by atoms with E-state index in [1.165, 1.54) is 6.20 Å². The molecule has 3 heterocycles. The van der Waals surface area contributed by atoms with Crippen LogP contribution in [0.25, 0.3) is 22.4 Å². The van der Waals surface area contributed by atoms with Crippen molar-refractivity contribution in [2.45, 2.75) is 30.9 Å². The van der Waals surface area contributed by atoms with Crippen LogP contribution in [0.15, 0.2) is 62.4 Å². The van der Waals surface area contributed by atoms with Crippen LogP contribution in [-0.2, 0) is 21.3 Å². The second kappa shape index (κ2) is 8.98. The standard InChI is InChI=1S/C22H22BrN5O4S/c1-2-16-13-27(8-9-31-16)14-21-25-26-22(32-21)18-10-15(23)11-20-19(18)12-24-28(20)33(29,30)17-6-4-3-5-7-17/h3-7,10-12,16H,2,8-9,13-14H2,1H3. The van der Waals surface area contributed by atoms with Gasteiger partial charge in [-0.15, -0.1) is 10.2 Å². The number of rotatable bonds is 6. The zero-order valence-corrected chi connectivity index (χ0v) is 20.3. The lowest BCUT2D eigenvalue weighted by molar-refractivity contribution is -0.0346. The monoisotopic (exact) mass is 531 g/mol. The number of hydrogen-bond acceptors (Lipinski definition) is 8. The van der Waals surface area contributed by atoms with E-state index in [1.807, 2.05) is 6.07 Å². The number of halogens is 1. The van der Waals surface area contributed by atoms with E-state index < -0.39 is 10.0 Å². The minimum absolute atomic E-state index is 0.160. The zero-order valence-electron chi connectivity index (χ0n) is 17.9. The van der Waals surface area contributed by atoms with Gasteiger partial charge in [-0.25, -0.2) is 0 Å². The number of aromatic nitrogens is 4. The zero-order chi connectivity index (χ0) is 23.0. The van der Waals surface area contributed by atoms with E-state index in [1.54, 1.807) is 36.4 Å².